The van der Waals surface area contributed by atoms with Gasteiger partial charge in [0.1, 0.15) is 0 Å². The Labute approximate surface area is 166 Å². The van der Waals surface area contributed by atoms with Gasteiger partial charge in [-0.2, -0.15) is 10.2 Å². The number of hydrogen-bond donors (Lipinski definition) is 4. The van der Waals surface area contributed by atoms with E-state index in [0.29, 0.717) is 0 Å². The highest BCUT2D eigenvalue weighted by atomic mass is 16.6. The molecule has 2 amide bonds. The molecule has 14 nitrogen and oxygen atoms in total. The summed E-state index contributed by atoms with van der Waals surface area (Å²) in [5, 5.41) is 47.1. The second-order valence-corrected chi connectivity index (χ2v) is 5.36. The zero-order valence-corrected chi connectivity index (χ0v) is 14.8. The summed E-state index contributed by atoms with van der Waals surface area (Å²) in [7, 11) is 0. The number of nitro benzene ring substituents is 2. The van der Waals surface area contributed by atoms with Crippen LogP contribution in [0.2, 0.25) is 0 Å². The maximum absolute atomic E-state index is 11.9. The molecule has 30 heavy (non-hydrogen) atoms. The molecule has 0 aliphatic carbocycles. The number of hydrogen-bond acceptors (Lipinski definition) is 10. The fourth-order valence-corrected chi connectivity index (χ4v) is 2.01. The van der Waals surface area contributed by atoms with Crippen LogP contribution in [-0.2, 0) is 0 Å². The van der Waals surface area contributed by atoms with Crippen molar-refractivity contribution in [3.63, 3.8) is 0 Å². The average molecular weight is 416 g/mol. The molecule has 0 atom stereocenters. The lowest BCUT2D eigenvalue weighted by molar-refractivity contribution is -0.386. The monoisotopic (exact) mass is 416 g/mol. The molecule has 2 aromatic rings. The predicted octanol–water partition coefficient (Wildman–Crippen LogP) is 1.05. The van der Waals surface area contributed by atoms with Gasteiger partial charge in [0, 0.05) is 23.3 Å². The molecule has 0 aliphatic rings. The normalized spacial score (nSPS) is 10.8. The zero-order chi connectivity index (χ0) is 22.3. The van der Waals surface area contributed by atoms with Gasteiger partial charge in [0.05, 0.1) is 22.3 Å². The number of carbonyl (C=O) groups is 2. The van der Waals surface area contributed by atoms with Gasteiger partial charge in [-0.3, -0.25) is 29.8 Å². The number of aromatic hydroxyl groups is 2. The third-order valence-electron chi connectivity index (χ3n) is 3.42. The van der Waals surface area contributed by atoms with Crippen molar-refractivity contribution in [1.82, 2.24) is 10.9 Å². The number of amides is 2. The lowest BCUT2D eigenvalue weighted by atomic mass is 10.2. The van der Waals surface area contributed by atoms with E-state index in [4.69, 9.17) is 0 Å². The summed E-state index contributed by atoms with van der Waals surface area (Å²) in [6, 6.07) is 6.01. The summed E-state index contributed by atoms with van der Waals surface area (Å²) in [5.41, 5.74) is 2.55. The van der Waals surface area contributed by atoms with E-state index in [9.17, 15) is 40.0 Å². The Hall–Kier alpha value is -4.88. The minimum atomic E-state index is -0.854. The maximum Gasteiger partial charge on any atom is 0.311 e. The molecule has 2 aromatic carbocycles. The molecule has 0 saturated carbocycles. The summed E-state index contributed by atoms with van der Waals surface area (Å²) in [5.74, 6) is -2.80. The van der Waals surface area contributed by atoms with Gasteiger partial charge in [-0.05, 0) is 24.3 Å². The number of phenolic OH excluding ortho intramolecular Hbond substituents is 2. The topological polar surface area (TPSA) is 210 Å². The number of hydrazone groups is 2. The van der Waals surface area contributed by atoms with Crippen molar-refractivity contribution in [2.75, 3.05) is 0 Å². The molecule has 0 heterocycles. The van der Waals surface area contributed by atoms with Crippen molar-refractivity contribution in [3.8, 4) is 11.5 Å². The van der Waals surface area contributed by atoms with E-state index in [1.54, 1.807) is 0 Å². The van der Waals surface area contributed by atoms with E-state index < -0.39 is 44.5 Å². The van der Waals surface area contributed by atoms with E-state index in [0.717, 1.165) is 48.8 Å². The second kappa shape index (κ2) is 9.36. The van der Waals surface area contributed by atoms with Crippen LogP contribution in [0.15, 0.2) is 46.6 Å². The van der Waals surface area contributed by atoms with Crippen molar-refractivity contribution in [1.29, 1.82) is 0 Å². The molecular weight excluding hydrogens is 404 g/mol. The summed E-state index contributed by atoms with van der Waals surface area (Å²) in [4.78, 5) is 43.5. The Morgan fingerprint density at radius 3 is 1.50 bits per heavy atom. The molecule has 0 saturated heterocycles. The molecule has 0 unspecified atom stereocenters. The van der Waals surface area contributed by atoms with Gasteiger partial charge in [-0.1, -0.05) is 0 Å². The minimum Gasteiger partial charge on any atom is -0.502 e. The van der Waals surface area contributed by atoms with Crippen LogP contribution in [-0.4, -0.2) is 44.3 Å². The van der Waals surface area contributed by atoms with Crippen LogP contribution in [0, 0.1) is 20.2 Å². The lowest BCUT2D eigenvalue weighted by Gasteiger charge is -2.01. The number of nitrogens with zero attached hydrogens (tertiary/aromatic N) is 4. The fourth-order valence-electron chi connectivity index (χ4n) is 2.01. The molecule has 0 radical (unpaired) electrons. The molecular formula is C16H12N6O8. The van der Waals surface area contributed by atoms with Crippen molar-refractivity contribution < 1.29 is 29.6 Å². The third-order valence-corrected chi connectivity index (χ3v) is 3.42. The SMILES string of the molecule is O=C(N/N=C/C=N/NC(=O)c1ccc(O)c([N+](=O)[O-])c1)c1ccc(O)c([N+](=O)[O-])c1. The van der Waals surface area contributed by atoms with Crippen molar-refractivity contribution >= 4 is 35.6 Å². The average Bonchev–Trinajstić information content (AvgIpc) is 2.70. The summed E-state index contributed by atoms with van der Waals surface area (Å²) >= 11 is 0. The Bertz CT molecular complexity index is 996. The van der Waals surface area contributed by atoms with Gasteiger partial charge >= 0.3 is 11.4 Å². The van der Waals surface area contributed by atoms with Crippen LogP contribution in [0.5, 0.6) is 11.5 Å². The first-order valence-corrected chi connectivity index (χ1v) is 7.81. The van der Waals surface area contributed by atoms with E-state index in [2.05, 4.69) is 21.1 Å². The molecule has 0 aliphatic heterocycles. The van der Waals surface area contributed by atoms with E-state index in [1.807, 2.05) is 0 Å². The fraction of sp³-hybridized carbons (Fsp3) is 0. The predicted molar refractivity (Wildman–Crippen MR) is 101 cm³/mol. The van der Waals surface area contributed by atoms with Crippen molar-refractivity contribution in [2.24, 2.45) is 10.2 Å². The number of benzene rings is 2. The first-order chi connectivity index (χ1) is 14.2. The number of phenols is 2. The summed E-state index contributed by atoms with van der Waals surface area (Å²) in [6.07, 6.45) is 1.96. The highest BCUT2D eigenvalue weighted by Gasteiger charge is 2.17. The zero-order valence-electron chi connectivity index (χ0n) is 14.8. The van der Waals surface area contributed by atoms with Gasteiger partial charge in [-0.15, -0.1) is 0 Å². The van der Waals surface area contributed by atoms with Gasteiger partial charge < -0.3 is 10.2 Å². The van der Waals surface area contributed by atoms with Crippen LogP contribution in [0.3, 0.4) is 0 Å². The van der Waals surface area contributed by atoms with Crippen molar-refractivity contribution in [2.45, 2.75) is 0 Å². The van der Waals surface area contributed by atoms with E-state index in [-0.39, 0.29) is 11.1 Å². The Balaban J connectivity index is 1.92. The Morgan fingerprint density at radius 1 is 0.800 bits per heavy atom. The quantitative estimate of drug-likeness (QED) is 0.290. The van der Waals surface area contributed by atoms with Crippen LogP contribution < -0.4 is 10.9 Å². The molecule has 154 valence electrons. The van der Waals surface area contributed by atoms with Crippen LogP contribution in [0.4, 0.5) is 11.4 Å². The number of rotatable bonds is 7. The van der Waals surface area contributed by atoms with Gasteiger partial charge in [0.2, 0.25) is 0 Å². The first kappa shape index (κ1) is 21.4. The highest BCUT2D eigenvalue weighted by Crippen LogP contribution is 2.27. The third kappa shape index (κ3) is 5.32. The van der Waals surface area contributed by atoms with Gasteiger partial charge in [-0.25, -0.2) is 10.9 Å². The summed E-state index contributed by atoms with van der Waals surface area (Å²) in [6.45, 7) is 0. The van der Waals surface area contributed by atoms with Crippen molar-refractivity contribution in [3.05, 3.63) is 67.8 Å². The minimum absolute atomic E-state index is 0.129. The van der Waals surface area contributed by atoms with Crippen LogP contribution in [0.25, 0.3) is 0 Å². The summed E-state index contributed by atoms with van der Waals surface area (Å²) < 4.78 is 0. The highest BCUT2D eigenvalue weighted by molar-refractivity contribution is 6.16. The Morgan fingerprint density at radius 2 is 1.17 bits per heavy atom. The van der Waals surface area contributed by atoms with E-state index >= 15 is 0 Å². The number of nitrogens with one attached hydrogen (secondary N) is 2. The lowest BCUT2D eigenvalue weighted by Crippen LogP contribution is -2.19. The molecule has 0 bridgehead atoms. The van der Waals surface area contributed by atoms with Crippen LogP contribution in [0.1, 0.15) is 20.7 Å². The maximum atomic E-state index is 11.9. The second-order valence-electron chi connectivity index (χ2n) is 5.36. The largest absolute Gasteiger partial charge is 0.502 e. The molecule has 0 aromatic heterocycles. The smallest absolute Gasteiger partial charge is 0.311 e. The van der Waals surface area contributed by atoms with E-state index in [1.165, 1.54) is 0 Å². The van der Waals surface area contributed by atoms with Gasteiger partial charge in [0.15, 0.2) is 11.5 Å². The Kier molecular flexibility index (Phi) is 6.68. The molecule has 4 N–H and O–H groups in total. The van der Waals surface area contributed by atoms with Crippen LogP contribution >= 0.6 is 0 Å². The molecule has 0 spiro atoms. The number of nitro groups is 2. The molecule has 2 rings (SSSR count). The van der Waals surface area contributed by atoms with Gasteiger partial charge in [0.25, 0.3) is 11.8 Å². The number of carbonyl (C=O) groups excluding carboxylic acids is 2. The standard InChI is InChI=1S/C16H12N6O8/c23-13-3-1-9(7-11(13)21(27)28)15(25)19-17-5-6-18-20-16(26)10-2-4-14(24)12(8-10)22(29)30/h1-8,23-24H,(H,19,25)(H,20,26)/b17-5+,18-6+. The first-order valence-electron chi connectivity index (χ1n) is 7.81. The molecule has 14 heteroatoms. The molecule has 0 fully saturated rings.